The van der Waals surface area contributed by atoms with E-state index in [0.29, 0.717) is 12.1 Å². The van der Waals surface area contributed by atoms with Gasteiger partial charge in [0.05, 0.1) is 6.10 Å². The minimum absolute atomic E-state index is 0.219. The highest BCUT2D eigenvalue weighted by Crippen LogP contribution is 2.19. The Morgan fingerprint density at radius 1 is 1.37 bits per heavy atom. The molecule has 3 heteroatoms. The molecule has 1 fully saturated rings. The second-order valence-electron chi connectivity index (χ2n) is 5.77. The third-order valence-electron chi connectivity index (χ3n) is 3.47. The molecule has 1 aliphatic heterocycles. The van der Waals surface area contributed by atoms with Crippen molar-refractivity contribution in [2.45, 2.75) is 58.2 Å². The Balaban J connectivity index is 1.85. The highest BCUT2D eigenvalue weighted by Gasteiger charge is 2.17. The lowest BCUT2D eigenvalue weighted by Gasteiger charge is -2.29. The van der Waals surface area contributed by atoms with E-state index in [9.17, 15) is 0 Å². The molecule has 0 aliphatic carbocycles. The van der Waals surface area contributed by atoms with Crippen molar-refractivity contribution in [2.24, 2.45) is 0 Å². The molecule has 0 bridgehead atoms. The summed E-state index contributed by atoms with van der Waals surface area (Å²) >= 11 is 0. The van der Waals surface area contributed by atoms with E-state index in [-0.39, 0.29) is 6.10 Å². The number of nitrogens with one attached hydrogen (secondary N) is 2. The summed E-state index contributed by atoms with van der Waals surface area (Å²) in [5, 5.41) is 7.15. The Hall–Kier alpha value is -1.22. The topological polar surface area (TPSA) is 33.3 Å². The van der Waals surface area contributed by atoms with Gasteiger partial charge in [0.1, 0.15) is 5.75 Å². The van der Waals surface area contributed by atoms with Crippen molar-refractivity contribution in [3.8, 4) is 5.75 Å². The van der Waals surface area contributed by atoms with Gasteiger partial charge >= 0.3 is 0 Å². The van der Waals surface area contributed by atoms with Crippen LogP contribution in [-0.4, -0.2) is 24.7 Å². The van der Waals surface area contributed by atoms with Crippen LogP contribution < -0.4 is 15.4 Å². The van der Waals surface area contributed by atoms with E-state index in [1.54, 1.807) is 0 Å². The summed E-state index contributed by atoms with van der Waals surface area (Å²) in [4.78, 5) is 0. The van der Waals surface area contributed by atoms with E-state index in [4.69, 9.17) is 4.74 Å². The fourth-order valence-electron chi connectivity index (χ4n) is 2.59. The molecule has 0 spiro atoms. The Kier molecular flexibility index (Phi) is 5.08. The summed E-state index contributed by atoms with van der Waals surface area (Å²) in [5.41, 5.74) is 1.14. The molecule has 0 radical (unpaired) electrons. The van der Waals surface area contributed by atoms with Gasteiger partial charge in [0, 0.05) is 30.4 Å². The van der Waals surface area contributed by atoms with Gasteiger partial charge in [-0.1, -0.05) is 12.5 Å². The average molecular weight is 262 g/mol. The van der Waals surface area contributed by atoms with Crippen molar-refractivity contribution < 1.29 is 4.74 Å². The number of anilines is 1. The van der Waals surface area contributed by atoms with Gasteiger partial charge in [0.15, 0.2) is 0 Å². The molecule has 2 atom stereocenters. The highest BCUT2D eigenvalue weighted by molar-refractivity contribution is 5.48. The van der Waals surface area contributed by atoms with Crippen molar-refractivity contribution in [1.29, 1.82) is 0 Å². The van der Waals surface area contributed by atoms with Crippen molar-refractivity contribution in [3.05, 3.63) is 24.3 Å². The normalized spacial score (nSPS) is 23.4. The van der Waals surface area contributed by atoms with Crippen LogP contribution in [0.1, 0.15) is 40.0 Å². The van der Waals surface area contributed by atoms with Crippen molar-refractivity contribution in [2.75, 3.05) is 11.9 Å². The van der Waals surface area contributed by atoms with Crippen molar-refractivity contribution in [1.82, 2.24) is 5.32 Å². The lowest BCUT2D eigenvalue weighted by atomic mass is 9.99. The third-order valence-corrected chi connectivity index (χ3v) is 3.47. The average Bonchev–Trinajstić information content (AvgIpc) is 2.36. The molecule has 0 saturated carbocycles. The molecule has 3 nitrogen and oxygen atoms in total. The summed E-state index contributed by atoms with van der Waals surface area (Å²) in [5.74, 6) is 0.935. The minimum Gasteiger partial charge on any atom is -0.491 e. The van der Waals surface area contributed by atoms with Gasteiger partial charge in [-0.05, 0) is 45.7 Å². The number of ether oxygens (including phenoxy) is 1. The summed E-state index contributed by atoms with van der Waals surface area (Å²) < 4.78 is 5.71. The molecule has 1 aromatic rings. The van der Waals surface area contributed by atoms with Gasteiger partial charge in [-0.25, -0.2) is 0 Å². The largest absolute Gasteiger partial charge is 0.491 e. The first kappa shape index (κ1) is 14.2. The number of rotatable bonds is 5. The molecule has 1 heterocycles. The van der Waals surface area contributed by atoms with E-state index >= 15 is 0 Å². The third kappa shape index (κ3) is 4.75. The number of hydrogen-bond acceptors (Lipinski definition) is 3. The zero-order chi connectivity index (χ0) is 13.7. The van der Waals surface area contributed by atoms with Gasteiger partial charge in [-0.3, -0.25) is 0 Å². The van der Waals surface area contributed by atoms with Crippen LogP contribution in [-0.2, 0) is 0 Å². The number of benzene rings is 1. The molecule has 2 rings (SSSR count). The van der Waals surface area contributed by atoms with Gasteiger partial charge in [-0.15, -0.1) is 0 Å². The second-order valence-corrected chi connectivity index (χ2v) is 5.77. The fraction of sp³-hybridized carbons (Fsp3) is 0.625. The van der Waals surface area contributed by atoms with E-state index in [2.05, 4.69) is 29.7 Å². The molecular weight excluding hydrogens is 236 g/mol. The molecule has 0 aromatic heterocycles. The predicted octanol–water partition coefficient (Wildman–Crippen LogP) is 3.42. The minimum atomic E-state index is 0.219. The van der Waals surface area contributed by atoms with Gasteiger partial charge in [0.25, 0.3) is 0 Å². The quantitative estimate of drug-likeness (QED) is 0.853. The van der Waals surface area contributed by atoms with Gasteiger partial charge < -0.3 is 15.4 Å². The zero-order valence-electron chi connectivity index (χ0n) is 12.3. The summed E-state index contributed by atoms with van der Waals surface area (Å²) in [6.07, 6.45) is 4.11. The van der Waals surface area contributed by atoms with Gasteiger partial charge in [-0.2, -0.15) is 0 Å². The smallest absolute Gasteiger partial charge is 0.121 e. The van der Waals surface area contributed by atoms with Crippen LogP contribution in [0.25, 0.3) is 0 Å². The van der Waals surface area contributed by atoms with Crippen LogP contribution in [0.2, 0.25) is 0 Å². The molecule has 0 amide bonds. The van der Waals surface area contributed by atoms with E-state index in [1.165, 1.54) is 19.3 Å². The van der Waals surface area contributed by atoms with Gasteiger partial charge in [0.2, 0.25) is 0 Å². The van der Waals surface area contributed by atoms with Crippen LogP contribution in [0.3, 0.4) is 0 Å². The maximum Gasteiger partial charge on any atom is 0.121 e. The Morgan fingerprint density at radius 3 is 2.95 bits per heavy atom. The lowest BCUT2D eigenvalue weighted by molar-refractivity contribution is 0.242. The zero-order valence-corrected chi connectivity index (χ0v) is 12.3. The van der Waals surface area contributed by atoms with E-state index < -0.39 is 0 Å². The van der Waals surface area contributed by atoms with Crippen LogP contribution in [0.5, 0.6) is 5.75 Å². The number of hydrogen-bond donors (Lipinski definition) is 2. The molecule has 2 unspecified atom stereocenters. The molecule has 19 heavy (non-hydrogen) atoms. The summed E-state index contributed by atoms with van der Waals surface area (Å²) in [7, 11) is 0. The maximum absolute atomic E-state index is 5.71. The van der Waals surface area contributed by atoms with E-state index in [1.807, 2.05) is 26.0 Å². The molecular formula is C16H26N2O. The SMILES string of the molecule is CC1CCCC(CNc2cccc(OC(C)C)c2)N1. The monoisotopic (exact) mass is 262 g/mol. The lowest BCUT2D eigenvalue weighted by Crippen LogP contribution is -2.44. The molecule has 1 aromatic carbocycles. The predicted molar refractivity (Wildman–Crippen MR) is 80.9 cm³/mol. The Labute approximate surface area is 116 Å². The van der Waals surface area contributed by atoms with Crippen molar-refractivity contribution >= 4 is 5.69 Å². The Morgan fingerprint density at radius 2 is 2.21 bits per heavy atom. The fourth-order valence-corrected chi connectivity index (χ4v) is 2.59. The first-order valence-electron chi connectivity index (χ1n) is 7.40. The molecule has 1 saturated heterocycles. The highest BCUT2D eigenvalue weighted by atomic mass is 16.5. The first-order valence-corrected chi connectivity index (χ1v) is 7.40. The van der Waals surface area contributed by atoms with Crippen LogP contribution in [0.15, 0.2) is 24.3 Å². The summed E-state index contributed by atoms with van der Waals surface area (Å²) in [6, 6.07) is 9.45. The Bertz CT molecular complexity index is 392. The molecule has 1 aliphatic rings. The first-order chi connectivity index (χ1) is 9.13. The summed E-state index contributed by atoms with van der Waals surface area (Å²) in [6.45, 7) is 7.35. The standard InChI is InChI=1S/C16H26N2O/c1-12(2)19-16-9-5-7-14(10-16)17-11-15-8-4-6-13(3)18-15/h5,7,9-10,12-13,15,17-18H,4,6,8,11H2,1-3H3. The van der Waals surface area contributed by atoms with Crippen LogP contribution in [0, 0.1) is 0 Å². The molecule has 2 N–H and O–H groups in total. The molecule has 106 valence electrons. The van der Waals surface area contributed by atoms with Crippen LogP contribution in [0.4, 0.5) is 5.69 Å². The second kappa shape index (κ2) is 6.80. The van der Waals surface area contributed by atoms with Crippen LogP contribution >= 0.6 is 0 Å². The van der Waals surface area contributed by atoms with E-state index in [0.717, 1.165) is 18.0 Å². The van der Waals surface area contributed by atoms with Crippen molar-refractivity contribution in [3.63, 3.8) is 0 Å². The maximum atomic E-state index is 5.71. The number of piperidine rings is 1.